The van der Waals surface area contributed by atoms with Crippen molar-refractivity contribution in [2.75, 3.05) is 6.54 Å². The second kappa shape index (κ2) is 10.5. The van der Waals surface area contributed by atoms with Gasteiger partial charge in [0.05, 0.1) is 11.7 Å². The smallest absolute Gasteiger partial charge is 0.124 e. The van der Waals surface area contributed by atoms with Gasteiger partial charge in [0.15, 0.2) is 0 Å². The van der Waals surface area contributed by atoms with Gasteiger partial charge in [-0.25, -0.2) is 4.98 Å². The average Bonchev–Trinajstić information content (AvgIpc) is 3.19. The largest absolute Gasteiger partial charge is 0.347 e. The zero-order valence-electron chi connectivity index (χ0n) is 16.3. The van der Waals surface area contributed by atoms with E-state index in [1.54, 1.807) is 0 Å². The summed E-state index contributed by atoms with van der Waals surface area (Å²) in [5.41, 5.74) is 2.24. The number of imidazole rings is 1. The lowest BCUT2D eigenvalue weighted by Crippen LogP contribution is -2.29. The van der Waals surface area contributed by atoms with Crippen molar-refractivity contribution in [2.45, 2.75) is 77.2 Å². The Kier molecular flexibility index (Phi) is 7.75. The molecule has 142 valence electrons. The van der Waals surface area contributed by atoms with E-state index in [1.165, 1.54) is 69.8 Å². The molecule has 3 heteroatoms. The summed E-state index contributed by atoms with van der Waals surface area (Å²) in [4.78, 5) is 8.38. The Balaban J connectivity index is 1.62. The number of aromatic nitrogens is 2. The van der Waals surface area contributed by atoms with Crippen LogP contribution in [0.4, 0.5) is 0 Å². The molecular formula is C23H35N3. The number of aromatic amines is 1. The van der Waals surface area contributed by atoms with Crippen molar-refractivity contribution in [1.82, 2.24) is 15.3 Å². The zero-order chi connectivity index (χ0) is 18.0. The van der Waals surface area contributed by atoms with E-state index in [2.05, 4.69) is 53.8 Å². The van der Waals surface area contributed by atoms with Crippen molar-refractivity contribution in [3.05, 3.63) is 42.4 Å². The minimum absolute atomic E-state index is 0.353. The Bertz CT molecular complexity index is 613. The Morgan fingerprint density at radius 3 is 2.65 bits per heavy atom. The summed E-state index contributed by atoms with van der Waals surface area (Å²) in [7, 11) is 0. The molecule has 1 atom stereocenters. The number of benzene rings is 1. The van der Waals surface area contributed by atoms with Gasteiger partial charge in [0.1, 0.15) is 5.82 Å². The van der Waals surface area contributed by atoms with Crippen LogP contribution in [0.25, 0.3) is 11.3 Å². The molecule has 0 radical (unpaired) electrons. The van der Waals surface area contributed by atoms with E-state index >= 15 is 0 Å². The first-order chi connectivity index (χ1) is 12.9. The van der Waals surface area contributed by atoms with Crippen LogP contribution in [0.3, 0.4) is 0 Å². The molecule has 1 heterocycles. The fourth-order valence-corrected chi connectivity index (χ4v) is 4.08. The van der Waals surface area contributed by atoms with E-state index in [0.717, 1.165) is 24.0 Å². The summed E-state index contributed by atoms with van der Waals surface area (Å²) in [6.07, 6.45) is 15.5. The van der Waals surface area contributed by atoms with Crippen LogP contribution in [-0.2, 0) is 0 Å². The second-order valence-corrected chi connectivity index (χ2v) is 7.85. The third kappa shape index (κ3) is 5.70. The van der Waals surface area contributed by atoms with E-state index in [1.807, 2.05) is 0 Å². The fraction of sp³-hybridized carbons (Fsp3) is 0.609. The highest BCUT2D eigenvalue weighted by Crippen LogP contribution is 2.26. The van der Waals surface area contributed by atoms with Crippen LogP contribution in [0.15, 0.2) is 36.5 Å². The molecule has 2 N–H and O–H groups in total. The monoisotopic (exact) mass is 353 g/mol. The van der Waals surface area contributed by atoms with E-state index in [-0.39, 0.29) is 0 Å². The summed E-state index contributed by atoms with van der Waals surface area (Å²) < 4.78 is 0. The second-order valence-electron chi connectivity index (χ2n) is 7.85. The average molecular weight is 354 g/mol. The first-order valence-electron chi connectivity index (χ1n) is 10.7. The maximum atomic E-state index is 4.93. The van der Waals surface area contributed by atoms with Crippen LogP contribution in [0.2, 0.25) is 0 Å². The lowest BCUT2D eigenvalue weighted by Gasteiger charge is -2.25. The molecule has 1 aromatic heterocycles. The summed E-state index contributed by atoms with van der Waals surface area (Å²) in [6, 6.07) is 10.8. The molecule has 3 rings (SSSR count). The minimum Gasteiger partial charge on any atom is -0.347 e. The van der Waals surface area contributed by atoms with Crippen molar-refractivity contribution >= 4 is 0 Å². The number of hydrogen-bond acceptors (Lipinski definition) is 2. The molecule has 0 bridgehead atoms. The predicted molar refractivity (Wildman–Crippen MR) is 110 cm³/mol. The van der Waals surface area contributed by atoms with Gasteiger partial charge in [0.2, 0.25) is 0 Å². The van der Waals surface area contributed by atoms with Crippen molar-refractivity contribution < 1.29 is 0 Å². The maximum Gasteiger partial charge on any atom is 0.124 e. The van der Waals surface area contributed by atoms with Gasteiger partial charge in [-0.05, 0) is 31.7 Å². The SMILES string of the molecule is CCCCCC[C@H](NCC1CCCCC1)c1nc(-c2ccccc2)c[nH]1. The first kappa shape index (κ1) is 19.2. The van der Waals surface area contributed by atoms with E-state index in [0.29, 0.717) is 6.04 Å². The summed E-state index contributed by atoms with van der Waals surface area (Å²) >= 11 is 0. The van der Waals surface area contributed by atoms with Crippen LogP contribution in [0, 0.1) is 5.92 Å². The third-order valence-corrected chi connectivity index (χ3v) is 5.72. The number of hydrogen-bond donors (Lipinski definition) is 2. The van der Waals surface area contributed by atoms with Gasteiger partial charge < -0.3 is 10.3 Å². The molecule has 1 saturated carbocycles. The van der Waals surface area contributed by atoms with Crippen molar-refractivity contribution in [1.29, 1.82) is 0 Å². The fourth-order valence-electron chi connectivity index (χ4n) is 4.08. The minimum atomic E-state index is 0.353. The van der Waals surface area contributed by atoms with Gasteiger partial charge in [0.25, 0.3) is 0 Å². The van der Waals surface area contributed by atoms with Crippen molar-refractivity contribution in [3.8, 4) is 11.3 Å². The number of H-pyrrole nitrogens is 1. The van der Waals surface area contributed by atoms with Crippen LogP contribution >= 0.6 is 0 Å². The van der Waals surface area contributed by atoms with Crippen LogP contribution in [-0.4, -0.2) is 16.5 Å². The lowest BCUT2D eigenvalue weighted by molar-refractivity contribution is 0.318. The summed E-state index contributed by atoms with van der Waals surface area (Å²) in [5, 5.41) is 3.85. The Hall–Kier alpha value is -1.61. The summed E-state index contributed by atoms with van der Waals surface area (Å²) in [6.45, 7) is 3.41. The number of nitrogens with zero attached hydrogens (tertiary/aromatic N) is 1. The molecule has 1 aliphatic carbocycles. The van der Waals surface area contributed by atoms with E-state index in [4.69, 9.17) is 4.98 Å². The van der Waals surface area contributed by atoms with Gasteiger partial charge in [-0.1, -0.05) is 82.2 Å². The molecule has 1 fully saturated rings. The van der Waals surface area contributed by atoms with Crippen LogP contribution < -0.4 is 5.32 Å². The molecule has 0 spiro atoms. The number of unbranched alkanes of at least 4 members (excludes halogenated alkanes) is 3. The number of rotatable bonds is 10. The van der Waals surface area contributed by atoms with Crippen molar-refractivity contribution in [2.24, 2.45) is 5.92 Å². The topological polar surface area (TPSA) is 40.7 Å². The Labute approximate surface area is 159 Å². The van der Waals surface area contributed by atoms with Gasteiger partial charge in [-0.3, -0.25) is 0 Å². The van der Waals surface area contributed by atoms with Gasteiger partial charge >= 0.3 is 0 Å². The van der Waals surface area contributed by atoms with Gasteiger partial charge in [-0.15, -0.1) is 0 Å². The molecule has 3 nitrogen and oxygen atoms in total. The molecule has 26 heavy (non-hydrogen) atoms. The highest BCUT2D eigenvalue weighted by molar-refractivity contribution is 5.58. The number of nitrogens with one attached hydrogen (secondary N) is 2. The molecule has 0 saturated heterocycles. The Morgan fingerprint density at radius 2 is 1.88 bits per heavy atom. The zero-order valence-corrected chi connectivity index (χ0v) is 16.3. The molecular weight excluding hydrogens is 318 g/mol. The summed E-state index contributed by atoms with van der Waals surface area (Å²) in [5.74, 6) is 1.96. The van der Waals surface area contributed by atoms with Gasteiger partial charge in [0, 0.05) is 11.8 Å². The normalized spacial score (nSPS) is 16.7. The maximum absolute atomic E-state index is 4.93. The quantitative estimate of drug-likeness (QED) is 0.495. The standard InChI is InChI=1S/C23H35N3/c1-2-3-4-11-16-21(24-17-19-12-7-5-8-13-19)23-25-18-22(26-23)20-14-9-6-10-15-20/h6,9-10,14-15,18-19,21,24H,2-5,7-8,11-13,16-17H2,1H3,(H,25,26)/t21-/m0/s1. The van der Waals surface area contributed by atoms with Crippen LogP contribution in [0.5, 0.6) is 0 Å². The van der Waals surface area contributed by atoms with Gasteiger partial charge in [-0.2, -0.15) is 0 Å². The predicted octanol–water partition coefficient (Wildman–Crippen LogP) is 6.26. The van der Waals surface area contributed by atoms with Crippen molar-refractivity contribution in [3.63, 3.8) is 0 Å². The highest BCUT2D eigenvalue weighted by atomic mass is 15.0. The molecule has 1 aliphatic rings. The first-order valence-corrected chi connectivity index (χ1v) is 10.7. The Morgan fingerprint density at radius 1 is 1.08 bits per heavy atom. The molecule has 2 aromatic rings. The lowest BCUT2D eigenvalue weighted by atomic mass is 9.89. The molecule has 0 amide bonds. The van der Waals surface area contributed by atoms with Crippen LogP contribution in [0.1, 0.15) is 83.0 Å². The van der Waals surface area contributed by atoms with E-state index < -0.39 is 0 Å². The molecule has 1 aromatic carbocycles. The highest BCUT2D eigenvalue weighted by Gasteiger charge is 2.19. The third-order valence-electron chi connectivity index (χ3n) is 5.72. The molecule has 0 unspecified atom stereocenters. The van der Waals surface area contributed by atoms with E-state index in [9.17, 15) is 0 Å². The molecule has 0 aliphatic heterocycles.